The molecule has 0 radical (unpaired) electrons. The number of phosphoric acid groups is 2. The number of imidazole rings is 1. The van der Waals surface area contributed by atoms with Crippen molar-refractivity contribution in [2.24, 2.45) is 0 Å². The van der Waals surface area contributed by atoms with Crippen molar-refractivity contribution in [3.8, 4) is 0 Å². The van der Waals surface area contributed by atoms with Crippen molar-refractivity contribution in [3.63, 3.8) is 0 Å². The number of fused-ring (bicyclic) bond motifs is 1. The highest BCUT2D eigenvalue weighted by Crippen LogP contribution is 2.61. The zero-order valence-electron chi connectivity index (χ0n) is 19.3. The third-order valence-electron chi connectivity index (χ3n) is 5.76. The molecule has 0 aliphatic carbocycles. The highest BCUT2D eigenvalue weighted by Gasteiger charge is 2.49. The lowest BCUT2D eigenvalue weighted by atomic mass is 10.00. The van der Waals surface area contributed by atoms with Crippen LogP contribution in [0.15, 0.2) is 11.1 Å². The van der Waals surface area contributed by atoms with E-state index in [-0.39, 0.29) is 17.1 Å². The number of hydrogen-bond acceptors (Lipinski definition) is 17. The first kappa shape index (κ1) is 30.1. The minimum atomic E-state index is -5.60. The number of aromatic nitrogens is 4. The van der Waals surface area contributed by atoms with Crippen LogP contribution in [0.4, 0.5) is 5.95 Å². The lowest BCUT2D eigenvalue weighted by Crippen LogP contribution is -2.58. The fourth-order valence-corrected chi connectivity index (χ4v) is 6.01. The molecule has 39 heavy (non-hydrogen) atoms. The highest BCUT2D eigenvalue weighted by atomic mass is 31.3. The molecule has 4 rings (SSSR count). The number of phosphoric ester groups is 2. The monoisotopic (exact) mass is 605 g/mol. The van der Waals surface area contributed by atoms with Gasteiger partial charge in [-0.2, -0.15) is 9.29 Å². The van der Waals surface area contributed by atoms with E-state index in [0.29, 0.717) is 0 Å². The molecular weight excluding hydrogens is 580 g/mol. The Morgan fingerprint density at radius 2 is 1.67 bits per heavy atom. The SMILES string of the molecule is Nc1nc2c(ncn2[C@@H]2O[C@H](COP(=O)(O)OP(=O)(O)O[C@@H]3O[C@@H](CO)[C@@H](O)[C@@H](O)[C@@H]3O)[C@@H](O)[C@H]2O)c(=O)[nH]1. The molecule has 0 amide bonds. The van der Waals surface area contributed by atoms with Crippen LogP contribution in [0, 0.1) is 0 Å². The van der Waals surface area contributed by atoms with Crippen molar-refractivity contribution in [2.45, 2.75) is 55.2 Å². The van der Waals surface area contributed by atoms with Crippen molar-refractivity contribution >= 4 is 32.8 Å². The van der Waals surface area contributed by atoms with E-state index < -0.39 is 89.7 Å². The van der Waals surface area contributed by atoms with Crippen molar-refractivity contribution < 1.29 is 72.4 Å². The summed E-state index contributed by atoms with van der Waals surface area (Å²) in [6, 6.07) is 0. The Labute approximate surface area is 216 Å². The van der Waals surface area contributed by atoms with Crippen molar-refractivity contribution in [1.29, 1.82) is 0 Å². The maximum Gasteiger partial charge on any atom is 0.483 e. The number of ether oxygens (including phenoxy) is 2. The van der Waals surface area contributed by atoms with Crippen LogP contribution in [0.2, 0.25) is 0 Å². The van der Waals surface area contributed by atoms with E-state index in [9.17, 15) is 49.2 Å². The van der Waals surface area contributed by atoms with Gasteiger partial charge in [-0.15, -0.1) is 0 Å². The minimum absolute atomic E-state index is 0.114. The van der Waals surface area contributed by atoms with Gasteiger partial charge < -0.3 is 55.6 Å². The average molecular weight is 605 g/mol. The normalized spacial score (nSPS) is 36.6. The molecule has 2 aliphatic rings. The Bertz CT molecular complexity index is 1340. The van der Waals surface area contributed by atoms with Crippen molar-refractivity contribution in [3.05, 3.63) is 16.7 Å². The number of hydrogen-bond donors (Lipinski definition) is 10. The Morgan fingerprint density at radius 3 is 2.33 bits per heavy atom. The van der Waals surface area contributed by atoms with E-state index in [1.54, 1.807) is 0 Å². The van der Waals surface area contributed by atoms with Crippen LogP contribution in [0.1, 0.15) is 6.23 Å². The fraction of sp³-hybridized carbons (Fsp3) is 0.688. The van der Waals surface area contributed by atoms with Gasteiger partial charge in [0.15, 0.2) is 23.7 Å². The molecule has 0 bridgehead atoms. The smallest absolute Gasteiger partial charge is 0.394 e. The predicted octanol–water partition coefficient (Wildman–Crippen LogP) is -4.63. The molecule has 2 saturated heterocycles. The second kappa shape index (κ2) is 11.2. The molecule has 220 valence electrons. The Hall–Kier alpha value is -1.91. The maximum absolute atomic E-state index is 12.3. The summed E-state index contributed by atoms with van der Waals surface area (Å²) in [5, 5.41) is 59.2. The van der Waals surface area contributed by atoms with Crippen molar-refractivity contribution in [1.82, 2.24) is 19.5 Å². The molecule has 21 nitrogen and oxygen atoms in total. The Balaban J connectivity index is 1.39. The third kappa shape index (κ3) is 6.22. The molecule has 0 saturated carbocycles. The summed E-state index contributed by atoms with van der Waals surface area (Å²) >= 11 is 0. The van der Waals surface area contributed by atoms with E-state index in [4.69, 9.17) is 20.3 Å². The van der Waals surface area contributed by atoms with Gasteiger partial charge in [-0.25, -0.2) is 14.1 Å². The summed E-state index contributed by atoms with van der Waals surface area (Å²) in [5.41, 5.74) is 4.54. The highest BCUT2D eigenvalue weighted by molar-refractivity contribution is 7.61. The molecule has 11 atom stereocenters. The molecular formula is C16H25N5O16P2. The number of aromatic amines is 1. The molecule has 0 aromatic carbocycles. The Morgan fingerprint density at radius 1 is 1.00 bits per heavy atom. The second-order valence-corrected chi connectivity index (χ2v) is 11.4. The lowest BCUT2D eigenvalue weighted by Gasteiger charge is -2.39. The first-order chi connectivity index (χ1) is 18.1. The van der Waals surface area contributed by atoms with Gasteiger partial charge in [-0.05, 0) is 0 Å². The summed E-state index contributed by atoms with van der Waals surface area (Å²) in [5.74, 6) is -0.278. The van der Waals surface area contributed by atoms with E-state index in [0.717, 1.165) is 10.9 Å². The zero-order valence-corrected chi connectivity index (χ0v) is 21.1. The van der Waals surface area contributed by atoms with Gasteiger partial charge in [0, 0.05) is 0 Å². The van der Waals surface area contributed by atoms with E-state index in [2.05, 4.69) is 28.3 Å². The van der Waals surface area contributed by atoms with Crippen LogP contribution in [0.25, 0.3) is 11.2 Å². The van der Waals surface area contributed by atoms with Crippen LogP contribution in [0.5, 0.6) is 0 Å². The minimum Gasteiger partial charge on any atom is -0.394 e. The van der Waals surface area contributed by atoms with Crippen LogP contribution in [-0.2, 0) is 32.0 Å². The zero-order chi connectivity index (χ0) is 28.9. The summed E-state index contributed by atoms with van der Waals surface area (Å²) < 4.78 is 49.1. The molecule has 0 spiro atoms. The number of anilines is 1. The average Bonchev–Trinajstić information content (AvgIpc) is 3.38. The number of H-pyrrole nitrogens is 1. The quantitative estimate of drug-likeness (QED) is 0.120. The number of rotatable bonds is 9. The molecule has 23 heteroatoms. The summed E-state index contributed by atoms with van der Waals surface area (Å²) in [6.45, 7) is -1.89. The molecule has 2 aliphatic heterocycles. The summed E-state index contributed by atoms with van der Waals surface area (Å²) in [6.07, 6.45) is -15.0. The number of nitrogens with one attached hydrogen (secondary N) is 1. The summed E-state index contributed by atoms with van der Waals surface area (Å²) in [7, 11) is -11.1. The van der Waals surface area contributed by atoms with Gasteiger partial charge in [-0.1, -0.05) is 0 Å². The van der Waals surface area contributed by atoms with E-state index in [1.807, 2.05) is 0 Å². The fourth-order valence-electron chi connectivity index (χ4n) is 3.85. The molecule has 2 aromatic heterocycles. The van der Waals surface area contributed by atoms with Gasteiger partial charge >= 0.3 is 15.6 Å². The van der Waals surface area contributed by atoms with E-state index >= 15 is 0 Å². The van der Waals surface area contributed by atoms with Gasteiger partial charge in [-0.3, -0.25) is 23.4 Å². The van der Waals surface area contributed by atoms with Gasteiger partial charge in [0.05, 0.1) is 19.5 Å². The number of nitrogens with zero attached hydrogens (tertiary/aromatic N) is 3. The Kier molecular flexibility index (Phi) is 8.60. The van der Waals surface area contributed by atoms with Gasteiger partial charge in [0.25, 0.3) is 5.56 Å². The van der Waals surface area contributed by atoms with E-state index in [1.165, 1.54) is 0 Å². The third-order valence-corrected chi connectivity index (χ3v) is 8.36. The standard InChI is InChI=1S/C16H25N5O16P2/c17-16-19-12-6(13(28)20-16)18-3-21(12)14-10(26)8(24)5(34-14)2-33-38(29,30)37-39(31,32)36-15-11(27)9(25)7(23)4(1-22)35-15/h3-5,7-11,14-15,22-27H,1-2H2,(H,29,30)(H,31,32)(H3,17,19,20,28)/t4-,5+,7+,8+,9+,10+,11-,14+,15-/m0/s1. The lowest BCUT2D eigenvalue weighted by molar-refractivity contribution is -0.280. The number of nitrogens with two attached hydrogens (primary N) is 1. The van der Waals surface area contributed by atoms with Gasteiger partial charge in [0.2, 0.25) is 5.95 Å². The molecule has 11 N–H and O–H groups in total. The molecule has 2 aromatic rings. The number of nitrogen functional groups attached to an aromatic ring is 1. The van der Waals surface area contributed by atoms with Gasteiger partial charge in [0.1, 0.15) is 42.7 Å². The topological polar surface area (TPSA) is 332 Å². The first-order valence-electron chi connectivity index (χ1n) is 10.9. The molecule has 4 heterocycles. The molecule has 2 fully saturated rings. The van der Waals surface area contributed by atoms with Crippen LogP contribution >= 0.6 is 15.6 Å². The first-order valence-corrected chi connectivity index (χ1v) is 13.9. The predicted molar refractivity (Wildman–Crippen MR) is 120 cm³/mol. The van der Waals surface area contributed by atoms with Crippen LogP contribution < -0.4 is 11.3 Å². The maximum atomic E-state index is 12.3. The van der Waals surface area contributed by atoms with Crippen LogP contribution in [0.3, 0.4) is 0 Å². The van der Waals surface area contributed by atoms with Crippen molar-refractivity contribution in [2.75, 3.05) is 18.9 Å². The largest absolute Gasteiger partial charge is 0.483 e. The van der Waals surface area contributed by atoms with Crippen LogP contribution in [-0.4, -0.2) is 122 Å². The number of aliphatic hydroxyl groups is 6. The number of aliphatic hydroxyl groups excluding tert-OH is 6. The second-order valence-electron chi connectivity index (χ2n) is 8.44. The molecule has 2 unspecified atom stereocenters. The summed E-state index contributed by atoms with van der Waals surface area (Å²) in [4.78, 5) is 41.7.